The number of rotatable bonds is 4. The van der Waals surface area contributed by atoms with Crippen molar-refractivity contribution in [2.24, 2.45) is 0 Å². The van der Waals surface area contributed by atoms with Crippen LogP contribution in [-0.4, -0.2) is 22.5 Å². The molecule has 0 spiro atoms. The van der Waals surface area contributed by atoms with E-state index >= 15 is 0 Å². The highest BCUT2D eigenvalue weighted by atomic mass is 16.3. The molecule has 1 aromatic heterocycles. The van der Waals surface area contributed by atoms with Crippen LogP contribution in [0.15, 0.2) is 18.3 Å². The van der Waals surface area contributed by atoms with E-state index in [2.05, 4.69) is 10.3 Å². The lowest BCUT2D eigenvalue weighted by atomic mass is 10.3. The highest BCUT2D eigenvalue weighted by Crippen LogP contribution is 2.11. The third kappa shape index (κ3) is 2.73. The third-order valence-corrected chi connectivity index (χ3v) is 1.82. The Morgan fingerprint density at radius 2 is 2.43 bits per heavy atom. The lowest BCUT2D eigenvalue weighted by molar-refractivity contribution is 0.0945. The van der Waals surface area contributed by atoms with Crippen molar-refractivity contribution in [3.05, 3.63) is 24.0 Å². The molecule has 1 heterocycles. The van der Waals surface area contributed by atoms with Gasteiger partial charge in [-0.05, 0) is 18.6 Å². The zero-order chi connectivity index (χ0) is 10.4. The lowest BCUT2D eigenvalue weighted by Gasteiger charge is -2.04. The number of nitrogens with zero attached hydrogens (tertiary/aromatic N) is 1. The van der Waals surface area contributed by atoms with E-state index in [0.717, 1.165) is 12.8 Å². The molecule has 0 aliphatic carbocycles. The predicted octanol–water partition coefficient (Wildman–Crippen LogP) is 1.32. The molecule has 0 saturated heterocycles. The summed E-state index contributed by atoms with van der Waals surface area (Å²) in [5.41, 5.74) is 0.0867. The number of hydrogen-bond acceptors (Lipinski definition) is 3. The Labute approximate surface area is 83.0 Å². The molecule has 4 heteroatoms. The Balaban J connectivity index is 2.56. The second-order valence-corrected chi connectivity index (χ2v) is 2.98. The van der Waals surface area contributed by atoms with E-state index in [1.165, 1.54) is 12.3 Å². The van der Waals surface area contributed by atoms with Gasteiger partial charge in [-0.25, -0.2) is 4.98 Å². The van der Waals surface area contributed by atoms with Gasteiger partial charge in [0.25, 0.3) is 5.91 Å². The second-order valence-electron chi connectivity index (χ2n) is 2.98. The molecule has 0 atom stereocenters. The van der Waals surface area contributed by atoms with Crippen molar-refractivity contribution in [2.75, 3.05) is 6.54 Å². The van der Waals surface area contributed by atoms with E-state index < -0.39 is 0 Å². The normalized spacial score (nSPS) is 9.79. The maximum atomic E-state index is 11.4. The van der Waals surface area contributed by atoms with Gasteiger partial charge in [-0.3, -0.25) is 4.79 Å². The predicted molar refractivity (Wildman–Crippen MR) is 53.1 cm³/mol. The van der Waals surface area contributed by atoms with Crippen molar-refractivity contribution in [1.82, 2.24) is 10.3 Å². The van der Waals surface area contributed by atoms with Crippen LogP contribution in [0.3, 0.4) is 0 Å². The summed E-state index contributed by atoms with van der Waals surface area (Å²) < 4.78 is 0. The Morgan fingerprint density at radius 1 is 1.64 bits per heavy atom. The molecule has 0 fully saturated rings. The molecule has 0 radical (unpaired) electrons. The average molecular weight is 194 g/mol. The minimum absolute atomic E-state index is 0.0819. The summed E-state index contributed by atoms with van der Waals surface area (Å²) in [6, 6.07) is 3.03. The van der Waals surface area contributed by atoms with E-state index in [0.29, 0.717) is 6.54 Å². The van der Waals surface area contributed by atoms with Crippen LogP contribution in [0.4, 0.5) is 0 Å². The first-order valence-electron chi connectivity index (χ1n) is 4.68. The van der Waals surface area contributed by atoms with Crippen LogP contribution in [0.2, 0.25) is 0 Å². The molecule has 14 heavy (non-hydrogen) atoms. The van der Waals surface area contributed by atoms with Crippen LogP contribution in [0.5, 0.6) is 5.75 Å². The molecule has 76 valence electrons. The van der Waals surface area contributed by atoms with Gasteiger partial charge in [-0.1, -0.05) is 13.3 Å². The van der Waals surface area contributed by atoms with Gasteiger partial charge in [-0.2, -0.15) is 0 Å². The molecule has 1 amide bonds. The molecule has 0 aromatic carbocycles. The summed E-state index contributed by atoms with van der Waals surface area (Å²) in [6.07, 6.45) is 3.43. The fourth-order valence-electron chi connectivity index (χ4n) is 1.03. The van der Waals surface area contributed by atoms with Crippen molar-refractivity contribution in [3.8, 4) is 5.75 Å². The zero-order valence-corrected chi connectivity index (χ0v) is 8.16. The standard InChI is InChI=1S/C10H14N2O2/c1-2-3-6-12-10(14)9-8(13)5-4-7-11-9/h4-5,7,13H,2-3,6H2,1H3,(H,12,14). The molecule has 0 bridgehead atoms. The number of hydrogen-bond donors (Lipinski definition) is 2. The van der Waals surface area contributed by atoms with Crippen LogP contribution < -0.4 is 5.32 Å². The van der Waals surface area contributed by atoms with E-state index in [9.17, 15) is 9.90 Å². The Kier molecular flexibility index (Phi) is 3.91. The van der Waals surface area contributed by atoms with Crippen molar-refractivity contribution in [3.63, 3.8) is 0 Å². The largest absolute Gasteiger partial charge is 0.505 e. The first-order chi connectivity index (χ1) is 6.75. The van der Waals surface area contributed by atoms with Crippen LogP contribution >= 0.6 is 0 Å². The molecule has 1 aromatic rings. The van der Waals surface area contributed by atoms with Gasteiger partial charge < -0.3 is 10.4 Å². The quantitative estimate of drug-likeness (QED) is 0.710. The van der Waals surface area contributed by atoms with E-state index in [1.807, 2.05) is 6.92 Å². The van der Waals surface area contributed by atoms with E-state index in [1.54, 1.807) is 6.07 Å². The first kappa shape index (κ1) is 10.5. The maximum absolute atomic E-state index is 11.4. The second kappa shape index (κ2) is 5.21. The Morgan fingerprint density at radius 3 is 3.07 bits per heavy atom. The minimum atomic E-state index is -0.323. The fourth-order valence-corrected chi connectivity index (χ4v) is 1.03. The monoisotopic (exact) mass is 194 g/mol. The molecule has 0 unspecified atom stereocenters. The van der Waals surface area contributed by atoms with Gasteiger partial charge in [0.15, 0.2) is 5.69 Å². The van der Waals surface area contributed by atoms with Gasteiger partial charge in [0.2, 0.25) is 0 Å². The summed E-state index contributed by atoms with van der Waals surface area (Å²) in [5, 5.41) is 12.0. The van der Waals surface area contributed by atoms with Crippen molar-refractivity contribution in [1.29, 1.82) is 0 Å². The first-order valence-corrected chi connectivity index (χ1v) is 4.68. The van der Waals surface area contributed by atoms with Crippen LogP contribution in [0.25, 0.3) is 0 Å². The molecule has 1 rings (SSSR count). The number of carbonyl (C=O) groups excluding carboxylic acids is 1. The molecule has 2 N–H and O–H groups in total. The number of aromatic hydroxyl groups is 1. The zero-order valence-electron chi connectivity index (χ0n) is 8.16. The maximum Gasteiger partial charge on any atom is 0.273 e. The Bertz CT molecular complexity index is 313. The molecular weight excluding hydrogens is 180 g/mol. The Hall–Kier alpha value is -1.58. The van der Waals surface area contributed by atoms with Crippen LogP contribution in [0.1, 0.15) is 30.3 Å². The minimum Gasteiger partial charge on any atom is -0.505 e. The van der Waals surface area contributed by atoms with Crippen molar-refractivity contribution < 1.29 is 9.90 Å². The molecule has 0 saturated carbocycles. The molecule has 4 nitrogen and oxygen atoms in total. The van der Waals surface area contributed by atoms with Gasteiger partial charge >= 0.3 is 0 Å². The number of unbranched alkanes of at least 4 members (excludes halogenated alkanes) is 1. The number of nitrogens with one attached hydrogen (secondary N) is 1. The van der Waals surface area contributed by atoms with Crippen molar-refractivity contribution in [2.45, 2.75) is 19.8 Å². The summed E-state index contributed by atoms with van der Waals surface area (Å²) in [6.45, 7) is 2.66. The number of carbonyl (C=O) groups is 1. The number of aromatic nitrogens is 1. The molecular formula is C10H14N2O2. The van der Waals surface area contributed by atoms with Crippen molar-refractivity contribution >= 4 is 5.91 Å². The molecule has 0 aliphatic rings. The average Bonchev–Trinajstić information content (AvgIpc) is 2.18. The summed E-state index contributed by atoms with van der Waals surface area (Å²) in [5.74, 6) is -0.405. The van der Waals surface area contributed by atoms with E-state index in [4.69, 9.17) is 0 Å². The van der Waals surface area contributed by atoms with Crippen LogP contribution in [-0.2, 0) is 0 Å². The fraction of sp³-hybridized carbons (Fsp3) is 0.400. The number of amides is 1. The van der Waals surface area contributed by atoms with Gasteiger partial charge in [0.05, 0.1) is 0 Å². The third-order valence-electron chi connectivity index (χ3n) is 1.82. The highest BCUT2D eigenvalue weighted by molar-refractivity contribution is 5.94. The lowest BCUT2D eigenvalue weighted by Crippen LogP contribution is -2.25. The van der Waals surface area contributed by atoms with Gasteiger partial charge in [0, 0.05) is 12.7 Å². The number of pyridine rings is 1. The smallest absolute Gasteiger partial charge is 0.273 e. The highest BCUT2D eigenvalue weighted by Gasteiger charge is 2.10. The van der Waals surface area contributed by atoms with E-state index in [-0.39, 0.29) is 17.4 Å². The summed E-state index contributed by atoms with van der Waals surface area (Å²) in [4.78, 5) is 15.2. The summed E-state index contributed by atoms with van der Waals surface area (Å²) in [7, 11) is 0. The van der Waals surface area contributed by atoms with Gasteiger partial charge in [0.1, 0.15) is 5.75 Å². The summed E-state index contributed by atoms with van der Waals surface area (Å²) >= 11 is 0. The SMILES string of the molecule is CCCCNC(=O)c1ncccc1O. The topological polar surface area (TPSA) is 62.2 Å². The molecule has 0 aliphatic heterocycles. The van der Waals surface area contributed by atoms with Crippen LogP contribution in [0, 0.1) is 0 Å². The van der Waals surface area contributed by atoms with Gasteiger partial charge in [-0.15, -0.1) is 0 Å².